The van der Waals surface area contributed by atoms with Crippen LogP contribution in [0.3, 0.4) is 0 Å². The van der Waals surface area contributed by atoms with E-state index in [2.05, 4.69) is 0 Å². The van der Waals surface area contributed by atoms with Gasteiger partial charge in [-0.25, -0.2) is 17.6 Å². The third-order valence-corrected chi connectivity index (χ3v) is 1.17. The first kappa shape index (κ1) is 12.3. The summed E-state index contributed by atoms with van der Waals surface area (Å²) in [7, 11) is 0. The van der Waals surface area contributed by atoms with Gasteiger partial charge in [0.05, 0.1) is 0 Å². The van der Waals surface area contributed by atoms with Crippen LogP contribution < -0.4 is 18.9 Å². The second-order valence-corrected chi connectivity index (χ2v) is 1.90. The molecular formula is C6HF5LiN. The predicted octanol–water partition coefficient (Wildman–Crippen LogP) is 0.137. The van der Waals surface area contributed by atoms with Crippen molar-refractivity contribution in [3.8, 4) is 0 Å². The van der Waals surface area contributed by atoms with E-state index in [9.17, 15) is 22.0 Å². The van der Waals surface area contributed by atoms with Crippen LogP contribution in [0.2, 0.25) is 0 Å². The van der Waals surface area contributed by atoms with Crippen molar-refractivity contribution in [1.82, 2.24) is 0 Å². The van der Waals surface area contributed by atoms with Crippen LogP contribution in [0.15, 0.2) is 6.07 Å². The molecule has 0 aromatic heterocycles. The zero-order chi connectivity index (χ0) is 9.30. The van der Waals surface area contributed by atoms with Gasteiger partial charge in [-0.1, -0.05) is 5.69 Å². The fraction of sp³-hybridized carbons (Fsp3) is 0. The van der Waals surface area contributed by atoms with Crippen LogP contribution in [-0.2, 0) is 0 Å². The topological polar surface area (TPSA) is 14.1 Å². The van der Waals surface area contributed by atoms with E-state index >= 15 is 0 Å². The van der Waals surface area contributed by atoms with Crippen LogP contribution in [0.4, 0.5) is 27.7 Å². The fourth-order valence-corrected chi connectivity index (χ4v) is 0.622. The van der Waals surface area contributed by atoms with Crippen molar-refractivity contribution >= 4 is 5.69 Å². The van der Waals surface area contributed by atoms with E-state index in [-0.39, 0.29) is 24.9 Å². The minimum Gasteiger partial charge on any atom is -0.518 e. The number of hydrogen-bond acceptors (Lipinski definition) is 0. The first-order chi connectivity index (χ1) is 5.57. The van der Waals surface area contributed by atoms with Crippen LogP contribution in [0, 0.1) is 23.3 Å². The molecule has 7 heteroatoms. The molecule has 1 nitrogen and oxygen atoms in total. The van der Waals surface area contributed by atoms with E-state index in [1.807, 2.05) is 0 Å². The molecular weight excluding hydrogens is 188 g/mol. The monoisotopic (exact) mass is 189 g/mol. The Hall–Kier alpha value is -0.733. The second kappa shape index (κ2) is 4.49. The zero-order valence-corrected chi connectivity index (χ0v) is 6.41. The largest absolute Gasteiger partial charge is 1.00 e. The summed E-state index contributed by atoms with van der Waals surface area (Å²) in [5, 5.41) is 0. The zero-order valence-electron chi connectivity index (χ0n) is 6.41. The van der Waals surface area contributed by atoms with Crippen LogP contribution in [0.1, 0.15) is 0 Å². The SMILES string of the molecule is F[N-]c1cc(F)c(F)c(F)c1F.[Li+]. The maximum Gasteiger partial charge on any atom is 1.00 e. The normalized spacial score (nSPS) is 9.31. The summed E-state index contributed by atoms with van der Waals surface area (Å²) in [6.45, 7) is 0. The summed E-state index contributed by atoms with van der Waals surface area (Å²) in [6, 6.07) is 0.119. The minimum atomic E-state index is -2.08. The van der Waals surface area contributed by atoms with Gasteiger partial charge in [0.2, 0.25) is 0 Å². The van der Waals surface area contributed by atoms with Gasteiger partial charge in [0.1, 0.15) is 5.82 Å². The smallest absolute Gasteiger partial charge is 0.518 e. The molecule has 0 spiro atoms. The Morgan fingerprint density at radius 1 is 0.923 bits per heavy atom. The number of rotatable bonds is 1. The maximum absolute atomic E-state index is 12.3. The Morgan fingerprint density at radius 2 is 1.46 bits per heavy atom. The van der Waals surface area contributed by atoms with Gasteiger partial charge in [-0.15, -0.1) is 0 Å². The molecule has 0 aliphatic carbocycles. The van der Waals surface area contributed by atoms with Gasteiger partial charge in [0, 0.05) is 0 Å². The summed E-state index contributed by atoms with van der Waals surface area (Å²) >= 11 is 0. The van der Waals surface area contributed by atoms with Gasteiger partial charge in [-0.3, -0.25) is 0 Å². The standard InChI is InChI=1S/C6HF5N.Li/c7-2-1-3(12-11)5(9)6(10)4(2)8;/h1H;/q-1;+1. The van der Waals surface area contributed by atoms with E-state index < -0.39 is 29.0 Å². The first-order valence-corrected chi connectivity index (χ1v) is 2.73. The average Bonchev–Trinajstić information content (AvgIpc) is 2.08. The Labute approximate surface area is 82.0 Å². The number of hydrogen-bond donors (Lipinski definition) is 0. The predicted molar refractivity (Wildman–Crippen MR) is 30.4 cm³/mol. The molecule has 0 heterocycles. The van der Waals surface area contributed by atoms with Crippen LogP contribution in [0.25, 0.3) is 5.54 Å². The van der Waals surface area contributed by atoms with Crippen molar-refractivity contribution in [1.29, 1.82) is 0 Å². The van der Waals surface area contributed by atoms with Gasteiger partial charge in [0.25, 0.3) is 0 Å². The first-order valence-electron chi connectivity index (χ1n) is 2.73. The van der Waals surface area contributed by atoms with Gasteiger partial charge >= 0.3 is 18.9 Å². The molecule has 0 saturated carbocycles. The number of nitrogens with zero attached hydrogens (tertiary/aromatic N) is 1. The quantitative estimate of drug-likeness (QED) is 0.258. The summed E-state index contributed by atoms with van der Waals surface area (Å²) in [4.78, 5) is 0. The fourth-order valence-electron chi connectivity index (χ4n) is 0.622. The van der Waals surface area contributed by atoms with Crippen LogP contribution >= 0.6 is 0 Å². The Morgan fingerprint density at radius 3 is 1.92 bits per heavy atom. The molecule has 0 N–H and O–H groups in total. The van der Waals surface area contributed by atoms with E-state index in [4.69, 9.17) is 0 Å². The van der Waals surface area contributed by atoms with E-state index in [0.29, 0.717) is 0 Å². The maximum atomic E-state index is 12.3. The van der Waals surface area contributed by atoms with Gasteiger partial charge in [-0.2, -0.15) is 0 Å². The molecule has 0 radical (unpaired) electrons. The number of halogens is 5. The molecule has 0 saturated heterocycles. The van der Waals surface area contributed by atoms with Gasteiger partial charge in [0.15, 0.2) is 17.5 Å². The van der Waals surface area contributed by atoms with Crippen LogP contribution in [-0.4, -0.2) is 0 Å². The molecule has 66 valence electrons. The van der Waals surface area contributed by atoms with Crippen molar-refractivity contribution in [3.63, 3.8) is 0 Å². The van der Waals surface area contributed by atoms with Gasteiger partial charge < -0.3 is 10.0 Å². The van der Waals surface area contributed by atoms with Crippen molar-refractivity contribution in [3.05, 3.63) is 34.9 Å². The minimum absolute atomic E-state index is 0. The Kier molecular flexibility index (Phi) is 4.24. The Balaban J connectivity index is 0.00000144. The summed E-state index contributed by atoms with van der Waals surface area (Å²) < 4.78 is 60.3. The molecule has 1 rings (SSSR count). The molecule has 0 aliphatic heterocycles. The van der Waals surface area contributed by atoms with E-state index in [0.717, 1.165) is 0 Å². The van der Waals surface area contributed by atoms with Gasteiger partial charge in [-0.05, 0) is 6.07 Å². The molecule has 0 unspecified atom stereocenters. The summed E-state index contributed by atoms with van der Waals surface area (Å²) in [5.41, 5.74) is 0.509. The number of benzene rings is 1. The van der Waals surface area contributed by atoms with Crippen molar-refractivity contribution < 1.29 is 40.9 Å². The third kappa shape index (κ3) is 2.14. The second-order valence-electron chi connectivity index (χ2n) is 1.90. The molecule has 0 aliphatic rings. The van der Waals surface area contributed by atoms with E-state index in [1.54, 1.807) is 5.54 Å². The van der Waals surface area contributed by atoms with Crippen molar-refractivity contribution in [2.24, 2.45) is 0 Å². The molecule has 0 bridgehead atoms. The molecule has 1 aromatic carbocycles. The molecule has 13 heavy (non-hydrogen) atoms. The van der Waals surface area contributed by atoms with E-state index in [1.165, 1.54) is 0 Å². The molecule has 0 atom stereocenters. The molecule has 1 aromatic rings. The Bertz CT molecular complexity index is 316. The van der Waals surface area contributed by atoms with Crippen molar-refractivity contribution in [2.45, 2.75) is 0 Å². The van der Waals surface area contributed by atoms with Crippen molar-refractivity contribution in [2.75, 3.05) is 0 Å². The average molecular weight is 189 g/mol. The third-order valence-electron chi connectivity index (χ3n) is 1.17. The summed E-state index contributed by atoms with van der Waals surface area (Å²) in [5.74, 6) is -7.60. The van der Waals surface area contributed by atoms with Crippen LogP contribution in [0.5, 0.6) is 0 Å². The molecule has 0 amide bonds. The molecule has 0 fully saturated rings. The summed E-state index contributed by atoms with van der Waals surface area (Å²) in [6.07, 6.45) is 0.